The molecule has 6 nitrogen and oxygen atoms in total. The maximum absolute atomic E-state index is 12.5. The van der Waals surface area contributed by atoms with E-state index in [4.69, 9.17) is 4.74 Å². The van der Waals surface area contributed by atoms with Crippen LogP contribution in [0.15, 0.2) is 36.5 Å². The fourth-order valence-corrected chi connectivity index (χ4v) is 11.6. The second kappa shape index (κ2) is 70.6. The van der Waals surface area contributed by atoms with E-state index in [1.807, 2.05) is 0 Å². The zero-order valence-electron chi connectivity index (χ0n) is 54.8. The third-order valence-electron chi connectivity index (χ3n) is 17.2. The Labute approximate surface area is 506 Å². The Balaban J connectivity index is 3.37. The lowest BCUT2D eigenvalue weighted by Gasteiger charge is -2.22. The fraction of sp³-hybridized carbons (Fsp3) is 0.893. The van der Waals surface area contributed by atoms with Gasteiger partial charge in [-0.1, -0.05) is 346 Å². The summed E-state index contributed by atoms with van der Waals surface area (Å²) in [5.74, 6) is -0.0231. The van der Waals surface area contributed by atoms with Crippen molar-refractivity contribution in [3.8, 4) is 0 Å². The topological polar surface area (TPSA) is 95.9 Å². The second-order valence-corrected chi connectivity index (χ2v) is 25.3. The molecule has 1 amide bonds. The molecule has 2 atom stereocenters. The number of carbonyl (C=O) groups excluding carboxylic acids is 2. The molecule has 0 aliphatic carbocycles. The van der Waals surface area contributed by atoms with E-state index in [1.165, 1.54) is 321 Å². The summed E-state index contributed by atoms with van der Waals surface area (Å²) in [6.07, 6.45) is 90.7. The van der Waals surface area contributed by atoms with E-state index >= 15 is 0 Å². The van der Waals surface area contributed by atoms with Crippen LogP contribution in [-0.2, 0) is 14.3 Å². The lowest BCUT2D eigenvalue weighted by atomic mass is 10.0. The van der Waals surface area contributed by atoms with Crippen molar-refractivity contribution in [2.24, 2.45) is 0 Å². The highest BCUT2D eigenvalue weighted by molar-refractivity contribution is 5.76. The van der Waals surface area contributed by atoms with Crippen LogP contribution in [0, 0.1) is 0 Å². The molecule has 0 radical (unpaired) electrons. The minimum atomic E-state index is -0.663. The number of allylic oxidation sites excluding steroid dienone is 6. The first-order chi connectivity index (χ1) is 40.0. The van der Waals surface area contributed by atoms with Crippen molar-refractivity contribution in [3.05, 3.63) is 36.5 Å². The monoisotopic (exact) mass is 1140 g/mol. The van der Waals surface area contributed by atoms with Gasteiger partial charge in [0.2, 0.25) is 5.91 Å². The summed E-state index contributed by atoms with van der Waals surface area (Å²) >= 11 is 0. The molecule has 0 saturated heterocycles. The number of aliphatic hydroxyl groups excluding tert-OH is 2. The molecule has 2 unspecified atom stereocenters. The number of aliphatic hydroxyl groups is 2. The summed E-state index contributed by atoms with van der Waals surface area (Å²) in [7, 11) is 0. The Morgan fingerprint density at radius 3 is 0.951 bits per heavy atom. The first-order valence-electron chi connectivity index (χ1n) is 36.7. The highest BCUT2D eigenvalue weighted by Crippen LogP contribution is 2.19. The molecule has 3 N–H and O–H groups in total. The van der Waals surface area contributed by atoms with Gasteiger partial charge in [0.05, 0.1) is 25.4 Å². The number of carbonyl (C=O) groups is 2. The molecule has 0 rings (SSSR count). The Morgan fingerprint density at radius 1 is 0.346 bits per heavy atom. The van der Waals surface area contributed by atoms with Crippen LogP contribution >= 0.6 is 0 Å². The molecule has 0 aromatic rings. The van der Waals surface area contributed by atoms with Crippen molar-refractivity contribution in [2.75, 3.05) is 13.2 Å². The quantitative estimate of drug-likeness (QED) is 0.0320. The van der Waals surface area contributed by atoms with Crippen LogP contribution in [0.3, 0.4) is 0 Å². The van der Waals surface area contributed by atoms with Gasteiger partial charge in [-0.2, -0.15) is 0 Å². The summed E-state index contributed by atoms with van der Waals surface area (Å²) in [6, 6.07) is -0.540. The van der Waals surface area contributed by atoms with Gasteiger partial charge >= 0.3 is 5.97 Å². The van der Waals surface area contributed by atoms with E-state index in [-0.39, 0.29) is 18.5 Å². The molecule has 0 aliphatic rings. The van der Waals surface area contributed by atoms with E-state index in [1.54, 1.807) is 0 Å². The van der Waals surface area contributed by atoms with Crippen LogP contribution in [0.4, 0.5) is 0 Å². The minimum absolute atomic E-state index is 0.00727. The van der Waals surface area contributed by atoms with E-state index < -0.39 is 12.1 Å². The molecule has 0 bridgehead atoms. The second-order valence-electron chi connectivity index (χ2n) is 25.3. The first-order valence-corrected chi connectivity index (χ1v) is 36.7. The number of unbranched alkanes of at least 4 members (excludes halogenated alkanes) is 52. The molecule has 0 aromatic heterocycles. The largest absolute Gasteiger partial charge is 0.466 e. The highest BCUT2D eigenvalue weighted by atomic mass is 16.5. The van der Waals surface area contributed by atoms with Crippen molar-refractivity contribution in [1.29, 1.82) is 0 Å². The van der Waals surface area contributed by atoms with Crippen LogP contribution in [0.1, 0.15) is 406 Å². The smallest absolute Gasteiger partial charge is 0.305 e. The SMILES string of the molecule is CCCCCCCCC/C=C\CCCCCCCC(=O)OCCCCCCCCCCC/C=C\C/C=C\CCCCCCCCCCCCCCCCCCCC(=O)NC(CO)C(O)CCCCCCCCCCCCCCCCC. The lowest BCUT2D eigenvalue weighted by Crippen LogP contribution is -2.45. The fourth-order valence-electron chi connectivity index (χ4n) is 11.6. The average Bonchev–Trinajstić information content (AvgIpc) is 3.47. The minimum Gasteiger partial charge on any atom is -0.466 e. The zero-order valence-corrected chi connectivity index (χ0v) is 54.8. The number of esters is 1. The number of rotatable bonds is 69. The van der Waals surface area contributed by atoms with Gasteiger partial charge in [0, 0.05) is 12.8 Å². The molecular formula is C75H143NO5. The van der Waals surface area contributed by atoms with Gasteiger partial charge < -0.3 is 20.3 Å². The zero-order chi connectivity index (χ0) is 58.5. The van der Waals surface area contributed by atoms with Crippen LogP contribution in [0.25, 0.3) is 0 Å². The first kappa shape index (κ1) is 79.1. The van der Waals surface area contributed by atoms with E-state index in [0.29, 0.717) is 25.9 Å². The number of amides is 1. The summed E-state index contributed by atoms with van der Waals surface area (Å²) in [6.45, 7) is 4.98. The summed E-state index contributed by atoms with van der Waals surface area (Å²) in [5, 5.41) is 23.3. The van der Waals surface area contributed by atoms with Crippen molar-refractivity contribution in [3.63, 3.8) is 0 Å². The van der Waals surface area contributed by atoms with Crippen LogP contribution in [0.2, 0.25) is 0 Å². The van der Waals surface area contributed by atoms with Gasteiger partial charge in [0.1, 0.15) is 0 Å². The molecule has 478 valence electrons. The van der Waals surface area contributed by atoms with Crippen LogP contribution in [0.5, 0.6) is 0 Å². The maximum atomic E-state index is 12.5. The Hall–Kier alpha value is -1.92. The van der Waals surface area contributed by atoms with Crippen molar-refractivity contribution in [2.45, 2.75) is 418 Å². The van der Waals surface area contributed by atoms with Crippen LogP contribution < -0.4 is 5.32 Å². The standard InChI is InChI=1S/C75H143NO5/c1-3-5-7-9-11-13-15-17-19-41-45-49-53-57-61-65-69-75(80)81-70-66-62-58-54-50-46-42-38-36-34-32-30-28-26-24-22-20-21-23-25-27-29-31-33-35-37-40-44-48-52-56-60-64-68-74(79)76-72(71-77)73(78)67-63-59-55-51-47-43-39-18-16-14-12-10-8-6-4-2/h19,24,26,30,32,41,72-73,77-78H,3-18,20-23,25,27-29,31,33-40,42-71H2,1-2H3,(H,76,79)/b26-24-,32-30-,41-19-. The van der Waals surface area contributed by atoms with E-state index in [0.717, 1.165) is 51.4 Å². The van der Waals surface area contributed by atoms with Gasteiger partial charge in [0.15, 0.2) is 0 Å². The molecule has 0 aliphatic heterocycles. The normalized spacial score (nSPS) is 12.7. The van der Waals surface area contributed by atoms with E-state index in [9.17, 15) is 19.8 Å². The third-order valence-corrected chi connectivity index (χ3v) is 17.2. The molecular weight excluding hydrogens is 995 g/mol. The van der Waals surface area contributed by atoms with Crippen LogP contribution in [-0.4, -0.2) is 47.4 Å². The molecule has 6 heteroatoms. The molecule has 0 heterocycles. The van der Waals surface area contributed by atoms with Gasteiger partial charge in [-0.25, -0.2) is 0 Å². The predicted molar refractivity (Wildman–Crippen MR) is 356 cm³/mol. The maximum Gasteiger partial charge on any atom is 0.305 e. The Kier molecular flexibility index (Phi) is 68.9. The van der Waals surface area contributed by atoms with Crippen molar-refractivity contribution < 1.29 is 24.5 Å². The average molecular weight is 1140 g/mol. The molecule has 0 aromatic carbocycles. The Bertz CT molecular complexity index is 1310. The van der Waals surface area contributed by atoms with Gasteiger partial charge in [-0.3, -0.25) is 9.59 Å². The lowest BCUT2D eigenvalue weighted by molar-refractivity contribution is -0.143. The molecule has 0 saturated carbocycles. The van der Waals surface area contributed by atoms with Gasteiger partial charge in [0.25, 0.3) is 0 Å². The number of nitrogens with one attached hydrogen (secondary N) is 1. The molecule has 0 spiro atoms. The number of hydrogen-bond acceptors (Lipinski definition) is 5. The van der Waals surface area contributed by atoms with Gasteiger partial charge in [-0.05, 0) is 83.5 Å². The number of ether oxygens (including phenoxy) is 1. The van der Waals surface area contributed by atoms with Crippen molar-refractivity contribution >= 4 is 11.9 Å². The third kappa shape index (κ3) is 67.1. The van der Waals surface area contributed by atoms with Gasteiger partial charge in [-0.15, -0.1) is 0 Å². The van der Waals surface area contributed by atoms with E-state index in [2.05, 4.69) is 55.6 Å². The molecule has 81 heavy (non-hydrogen) atoms. The number of hydrogen-bond donors (Lipinski definition) is 3. The molecule has 0 fully saturated rings. The van der Waals surface area contributed by atoms with Crippen molar-refractivity contribution in [1.82, 2.24) is 5.32 Å². The Morgan fingerprint density at radius 2 is 0.617 bits per heavy atom. The summed E-state index contributed by atoms with van der Waals surface area (Å²) in [5.41, 5.74) is 0. The predicted octanol–water partition coefficient (Wildman–Crippen LogP) is 23.9. The highest BCUT2D eigenvalue weighted by Gasteiger charge is 2.20. The summed E-state index contributed by atoms with van der Waals surface area (Å²) in [4.78, 5) is 24.6. The summed E-state index contributed by atoms with van der Waals surface area (Å²) < 4.78 is 5.49.